The Bertz CT molecular complexity index is 190. The highest BCUT2D eigenvalue weighted by atomic mass is 31.1. The van der Waals surface area contributed by atoms with Gasteiger partial charge in [-0.1, -0.05) is 39.4 Å². The van der Waals surface area contributed by atoms with Gasteiger partial charge in [-0.05, 0) is 26.5 Å². The molecular weight excluding hydrogens is 195 g/mol. The molecule has 2 unspecified atom stereocenters. The first-order chi connectivity index (χ1) is 6.61. The Balaban J connectivity index is 3.71. The normalized spacial score (nSPS) is 14.8. The van der Waals surface area contributed by atoms with E-state index >= 15 is 0 Å². The third-order valence-corrected chi connectivity index (χ3v) is 3.18. The Morgan fingerprint density at radius 1 is 1.50 bits per heavy atom. The van der Waals surface area contributed by atoms with Crippen LogP contribution in [0.2, 0.25) is 0 Å². The molecular formula is C11H23O2P. The Kier molecular flexibility index (Phi) is 7.98. The van der Waals surface area contributed by atoms with E-state index in [9.17, 15) is 4.79 Å². The summed E-state index contributed by atoms with van der Waals surface area (Å²) in [6.07, 6.45) is 8.43. The quantitative estimate of drug-likeness (QED) is 0.610. The average Bonchev–Trinajstić information content (AvgIpc) is 2.17. The molecule has 0 bridgehead atoms. The van der Waals surface area contributed by atoms with E-state index in [0.29, 0.717) is 12.5 Å². The Hall–Kier alpha value is -0.230. The van der Waals surface area contributed by atoms with Gasteiger partial charge in [0.15, 0.2) is 0 Å². The maximum absolute atomic E-state index is 11.2. The van der Waals surface area contributed by atoms with Gasteiger partial charge in [0.2, 0.25) is 0 Å². The summed E-state index contributed by atoms with van der Waals surface area (Å²) < 4.78 is 5.20. The molecule has 0 aromatic carbocycles. The predicted molar refractivity (Wildman–Crippen MR) is 66.0 cm³/mol. The van der Waals surface area contributed by atoms with E-state index in [0.717, 1.165) is 6.42 Å². The lowest BCUT2D eigenvalue weighted by Gasteiger charge is -2.14. The SMILES string of the molecule is C=[PH](C)C(=O)OCC(CC)CCCC. The van der Waals surface area contributed by atoms with Gasteiger partial charge >= 0.3 is 5.71 Å². The lowest BCUT2D eigenvalue weighted by molar-refractivity contribution is 0.147. The van der Waals surface area contributed by atoms with E-state index in [4.69, 9.17) is 4.74 Å². The largest absolute Gasteiger partial charge is 0.463 e. The maximum atomic E-state index is 11.2. The minimum Gasteiger partial charge on any atom is -0.463 e. The van der Waals surface area contributed by atoms with Gasteiger partial charge in [0.25, 0.3) is 0 Å². The molecule has 0 radical (unpaired) electrons. The van der Waals surface area contributed by atoms with E-state index in [1.165, 1.54) is 19.3 Å². The van der Waals surface area contributed by atoms with Crippen molar-refractivity contribution in [2.75, 3.05) is 13.3 Å². The Morgan fingerprint density at radius 3 is 2.57 bits per heavy atom. The summed E-state index contributed by atoms with van der Waals surface area (Å²) in [5, 5.41) is 0. The molecule has 0 aromatic heterocycles. The van der Waals surface area contributed by atoms with Gasteiger partial charge in [-0.25, -0.2) is 4.79 Å². The number of hydrogen-bond donors (Lipinski definition) is 0. The average molecular weight is 218 g/mol. The van der Waals surface area contributed by atoms with Gasteiger partial charge < -0.3 is 4.74 Å². The molecule has 0 heterocycles. The standard InChI is InChI=1S/C11H23O2P/c1-5-7-8-10(6-2)9-13-11(12)14(3)4/h10,14H,3,5-9H2,1-2,4H3. The molecule has 3 heteroatoms. The lowest BCUT2D eigenvalue weighted by Crippen LogP contribution is -2.10. The second-order valence-corrected chi connectivity index (χ2v) is 5.76. The first-order valence-corrected chi connectivity index (χ1v) is 7.65. The molecule has 0 spiro atoms. The van der Waals surface area contributed by atoms with Gasteiger partial charge in [0.05, 0.1) is 6.61 Å². The van der Waals surface area contributed by atoms with Crippen LogP contribution >= 0.6 is 7.55 Å². The smallest absolute Gasteiger partial charge is 0.321 e. The first-order valence-electron chi connectivity index (χ1n) is 5.44. The van der Waals surface area contributed by atoms with Crippen molar-refractivity contribution in [2.24, 2.45) is 5.92 Å². The van der Waals surface area contributed by atoms with Crippen LogP contribution in [-0.2, 0) is 4.74 Å². The molecule has 2 atom stereocenters. The van der Waals surface area contributed by atoms with Crippen LogP contribution in [0.3, 0.4) is 0 Å². The molecule has 0 rings (SSSR count). The highest BCUT2D eigenvalue weighted by Crippen LogP contribution is 2.19. The first kappa shape index (κ1) is 13.8. The molecule has 2 nitrogen and oxygen atoms in total. The zero-order valence-electron chi connectivity index (χ0n) is 9.64. The third-order valence-electron chi connectivity index (χ3n) is 2.34. The Morgan fingerprint density at radius 2 is 2.14 bits per heavy atom. The summed E-state index contributed by atoms with van der Waals surface area (Å²) in [5.41, 5.74) is -0.0788. The third kappa shape index (κ3) is 6.26. The van der Waals surface area contributed by atoms with Crippen LogP contribution in [0, 0.1) is 5.92 Å². The van der Waals surface area contributed by atoms with Crippen LogP contribution in [0.1, 0.15) is 39.5 Å². The van der Waals surface area contributed by atoms with Crippen molar-refractivity contribution in [1.82, 2.24) is 0 Å². The summed E-state index contributed by atoms with van der Waals surface area (Å²) in [5.74, 6) is 0.542. The molecule has 84 valence electrons. The summed E-state index contributed by atoms with van der Waals surface area (Å²) in [7, 11) is -1.15. The fraction of sp³-hybridized carbons (Fsp3) is 0.818. The molecule has 0 aliphatic heterocycles. The van der Waals surface area contributed by atoms with Crippen molar-refractivity contribution in [3.8, 4) is 0 Å². The molecule has 0 fully saturated rings. The monoisotopic (exact) mass is 218 g/mol. The number of ether oxygens (including phenoxy) is 1. The van der Waals surface area contributed by atoms with Crippen molar-refractivity contribution < 1.29 is 9.53 Å². The fourth-order valence-electron chi connectivity index (χ4n) is 1.21. The van der Waals surface area contributed by atoms with Gasteiger partial charge in [-0.3, -0.25) is 0 Å². The second-order valence-electron chi connectivity index (χ2n) is 3.80. The molecule has 0 amide bonds. The predicted octanol–water partition coefficient (Wildman–Crippen LogP) is 3.62. The Labute approximate surface area is 88.4 Å². The number of rotatable bonds is 7. The van der Waals surface area contributed by atoms with Gasteiger partial charge in [-0.15, -0.1) is 0 Å². The van der Waals surface area contributed by atoms with Crippen LogP contribution in [0.25, 0.3) is 0 Å². The lowest BCUT2D eigenvalue weighted by atomic mass is 10.0. The van der Waals surface area contributed by atoms with Crippen LogP contribution in [0.4, 0.5) is 4.79 Å². The summed E-state index contributed by atoms with van der Waals surface area (Å²) in [4.78, 5) is 11.2. The van der Waals surface area contributed by atoms with Gasteiger partial charge in [-0.2, -0.15) is 0 Å². The van der Waals surface area contributed by atoms with E-state index in [2.05, 4.69) is 20.1 Å². The van der Waals surface area contributed by atoms with E-state index in [1.54, 1.807) is 0 Å². The second kappa shape index (κ2) is 8.11. The molecule has 0 aliphatic rings. The van der Waals surface area contributed by atoms with Crippen LogP contribution in [-0.4, -0.2) is 25.3 Å². The number of carbonyl (C=O) groups excluding carboxylic acids is 1. The number of carbonyl (C=O) groups is 1. The molecule has 0 N–H and O–H groups in total. The minimum atomic E-state index is -1.15. The van der Waals surface area contributed by atoms with E-state index < -0.39 is 7.55 Å². The zero-order chi connectivity index (χ0) is 11.0. The van der Waals surface area contributed by atoms with Crippen LogP contribution in [0.15, 0.2) is 0 Å². The molecule has 0 aliphatic carbocycles. The van der Waals surface area contributed by atoms with Crippen molar-refractivity contribution in [3.05, 3.63) is 0 Å². The maximum Gasteiger partial charge on any atom is 0.321 e. The van der Waals surface area contributed by atoms with Crippen molar-refractivity contribution in [3.63, 3.8) is 0 Å². The number of unbranched alkanes of at least 4 members (excludes halogenated alkanes) is 1. The van der Waals surface area contributed by atoms with Gasteiger partial charge in [0.1, 0.15) is 0 Å². The van der Waals surface area contributed by atoms with Gasteiger partial charge in [0, 0.05) is 0 Å². The fourth-order valence-corrected chi connectivity index (χ4v) is 1.54. The van der Waals surface area contributed by atoms with Crippen molar-refractivity contribution >= 4 is 19.6 Å². The molecule has 0 aromatic rings. The molecule has 0 saturated carbocycles. The van der Waals surface area contributed by atoms with Crippen LogP contribution < -0.4 is 0 Å². The van der Waals surface area contributed by atoms with E-state index in [-0.39, 0.29) is 5.71 Å². The van der Waals surface area contributed by atoms with Crippen molar-refractivity contribution in [2.45, 2.75) is 39.5 Å². The molecule has 0 saturated heterocycles. The highest BCUT2D eigenvalue weighted by Gasteiger charge is 2.09. The minimum absolute atomic E-state index is 0.0788. The zero-order valence-corrected chi connectivity index (χ0v) is 10.6. The topological polar surface area (TPSA) is 26.3 Å². The van der Waals surface area contributed by atoms with Crippen molar-refractivity contribution in [1.29, 1.82) is 0 Å². The van der Waals surface area contributed by atoms with Crippen LogP contribution in [0.5, 0.6) is 0 Å². The summed E-state index contributed by atoms with van der Waals surface area (Å²) in [6.45, 7) is 6.78. The molecule has 14 heavy (non-hydrogen) atoms. The summed E-state index contributed by atoms with van der Waals surface area (Å²) >= 11 is 0. The van der Waals surface area contributed by atoms with E-state index in [1.807, 2.05) is 6.66 Å². The summed E-state index contributed by atoms with van der Waals surface area (Å²) in [6, 6.07) is 0. The highest BCUT2D eigenvalue weighted by molar-refractivity contribution is 7.71. The number of hydrogen-bond acceptors (Lipinski definition) is 2.